The van der Waals surface area contributed by atoms with Gasteiger partial charge in [-0.3, -0.25) is 0 Å². The zero-order valence-corrected chi connectivity index (χ0v) is 15.3. The van der Waals surface area contributed by atoms with Gasteiger partial charge in [0.1, 0.15) is 11.9 Å². The number of likely N-dealkylation sites (N-methyl/N-ethyl adjacent to an activating group) is 1. The molecule has 7 nitrogen and oxygen atoms in total. The Balaban J connectivity index is 2.10. The van der Waals surface area contributed by atoms with E-state index in [2.05, 4.69) is 33.6 Å². The molecule has 0 fully saturated rings. The Labute approximate surface area is 149 Å². The Kier molecular flexibility index (Phi) is 7.56. The normalized spacial score (nSPS) is 12.3. The van der Waals surface area contributed by atoms with Crippen LogP contribution in [0, 0.1) is 6.92 Å². The van der Waals surface area contributed by atoms with E-state index in [0.717, 1.165) is 25.9 Å². The molecule has 0 aliphatic carbocycles. The summed E-state index contributed by atoms with van der Waals surface area (Å²) in [5.41, 5.74) is 0. The van der Waals surface area contributed by atoms with Crippen molar-refractivity contribution in [2.45, 2.75) is 25.9 Å². The van der Waals surface area contributed by atoms with Crippen molar-refractivity contribution in [2.75, 3.05) is 33.9 Å². The molecule has 0 saturated heterocycles. The summed E-state index contributed by atoms with van der Waals surface area (Å²) in [6.45, 7) is 7.99. The molecule has 2 aromatic heterocycles. The summed E-state index contributed by atoms with van der Waals surface area (Å²) in [7, 11) is 3.77. The lowest BCUT2D eigenvalue weighted by Gasteiger charge is -2.24. The highest BCUT2D eigenvalue weighted by atomic mass is 16.5. The van der Waals surface area contributed by atoms with Gasteiger partial charge in [0.2, 0.25) is 5.88 Å². The van der Waals surface area contributed by atoms with Crippen molar-refractivity contribution in [3.8, 4) is 11.7 Å². The monoisotopic (exact) mass is 345 g/mol. The van der Waals surface area contributed by atoms with E-state index >= 15 is 0 Å². The summed E-state index contributed by atoms with van der Waals surface area (Å²) in [4.78, 5) is 11.0. The molecule has 0 saturated carbocycles. The lowest BCUT2D eigenvalue weighted by Crippen LogP contribution is -2.35. The summed E-state index contributed by atoms with van der Waals surface area (Å²) in [5.74, 6) is 1.91. The van der Waals surface area contributed by atoms with Gasteiger partial charge in [0.15, 0.2) is 5.82 Å². The predicted octanol–water partition coefficient (Wildman–Crippen LogP) is 2.26. The molecular weight excluding hydrogens is 318 g/mol. The first kappa shape index (κ1) is 19.1. The van der Waals surface area contributed by atoms with Gasteiger partial charge in [0, 0.05) is 38.7 Å². The van der Waals surface area contributed by atoms with Crippen molar-refractivity contribution in [1.29, 1.82) is 0 Å². The SMILES string of the molecule is C=CCC[C@H](CN(C)CCOC)Oc1cc(-n2cccn2)nc(C)n1. The van der Waals surface area contributed by atoms with E-state index in [0.29, 0.717) is 24.1 Å². The first-order valence-corrected chi connectivity index (χ1v) is 8.43. The van der Waals surface area contributed by atoms with Crippen LogP contribution in [-0.2, 0) is 4.74 Å². The van der Waals surface area contributed by atoms with Crippen LogP contribution in [0.4, 0.5) is 0 Å². The first-order chi connectivity index (χ1) is 12.1. The predicted molar refractivity (Wildman–Crippen MR) is 97.1 cm³/mol. The summed E-state index contributed by atoms with van der Waals surface area (Å²) in [5, 5.41) is 4.22. The number of methoxy groups -OCH3 is 1. The molecule has 0 aliphatic rings. The minimum atomic E-state index is 0.0135. The third-order valence-corrected chi connectivity index (χ3v) is 3.71. The fourth-order valence-electron chi connectivity index (χ4n) is 2.46. The number of allylic oxidation sites excluding steroid dienone is 1. The van der Waals surface area contributed by atoms with Crippen LogP contribution in [0.1, 0.15) is 18.7 Å². The number of aryl methyl sites for hydroxylation is 1. The van der Waals surface area contributed by atoms with Crippen molar-refractivity contribution in [3.05, 3.63) is 43.0 Å². The zero-order chi connectivity index (χ0) is 18.1. The van der Waals surface area contributed by atoms with Gasteiger partial charge < -0.3 is 14.4 Å². The molecule has 0 bridgehead atoms. The van der Waals surface area contributed by atoms with Crippen LogP contribution >= 0.6 is 0 Å². The molecule has 7 heteroatoms. The number of hydrogen-bond acceptors (Lipinski definition) is 6. The van der Waals surface area contributed by atoms with E-state index in [-0.39, 0.29) is 6.10 Å². The minimum absolute atomic E-state index is 0.0135. The van der Waals surface area contributed by atoms with Crippen molar-refractivity contribution in [3.63, 3.8) is 0 Å². The van der Waals surface area contributed by atoms with Crippen LogP contribution in [-0.4, -0.2) is 64.6 Å². The summed E-state index contributed by atoms with van der Waals surface area (Å²) < 4.78 is 13.0. The standard InChI is InChI=1S/C18H27N5O2/c1-5-6-8-16(14-22(3)11-12-24-4)25-18-13-17(20-15(2)21-18)23-10-7-9-19-23/h5,7,9-10,13,16H,1,6,8,11-12,14H2,2-4H3/t16-/m1/s1. The highest BCUT2D eigenvalue weighted by Gasteiger charge is 2.15. The highest BCUT2D eigenvalue weighted by Crippen LogP contribution is 2.16. The van der Waals surface area contributed by atoms with Gasteiger partial charge in [0.05, 0.1) is 6.61 Å². The van der Waals surface area contributed by atoms with Gasteiger partial charge in [0.25, 0.3) is 0 Å². The Hall–Kier alpha value is -2.25. The third-order valence-electron chi connectivity index (χ3n) is 3.71. The average molecular weight is 345 g/mol. The number of ether oxygens (including phenoxy) is 2. The largest absolute Gasteiger partial charge is 0.473 e. The first-order valence-electron chi connectivity index (χ1n) is 8.43. The molecule has 0 radical (unpaired) electrons. The number of aromatic nitrogens is 4. The van der Waals surface area contributed by atoms with E-state index in [4.69, 9.17) is 9.47 Å². The molecule has 0 unspecified atom stereocenters. The minimum Gasteiger partial charge on any atom is -0.473 e. The molecule has 1 atom stereocenters. The third kappa shape index (κ3) is 6.28. The van der Waals surface area contributed by atoms with Crippen molar-refractivity contribution in [1.82, 2.24) is 24.6 Å². The van der Waals surface area contributed by atoms with Crippen molar-refractivity contribution < 1.29 is 9.47 Å². The smallest absolute Gasteiger partial charge is 0.219 e. The van der Waals surface area contributed by atoms with Crippen LogP contribution in [0.25, 0.3) is 5.82 Å². The van der Waals surface area contributed by atoms with Crippen molar-refractivity contribution >= 4 is 0 Å². The number of rotatable bonds is 11. The topological polar surface area (TPSA) is 65.3 Å². The maximum atomic E-state index is 6.16. The fourth-order valence-corrected chi connectivity index (χ4v) is 2.46. The molecule has 0 spiro atoms. The van der Waals surface area contributed by atoms with Crippen molar-refractivity contribution in [2.24, 2.45) is 0 Å². The van der Waals surface area contributed by atoms with Gasteiger partial charge in [-0.25, -0.2) is 9.67 Å². The van der Waals surface area contributed by atoms with Crippen LogP contribution in [0.3, 0.4) is 0 Å². The molecule has 136 valence electrons. The van der Waals surface area contributed by atoms with E-state index in [1.54, 1.807) is 18.0 Å². The molecule has 0 aliphatic heterocycles. The second-order valence-corrected chi connectivity index (χ2v) is 5.92. The lowest BCUT2D eigenvalue weighted by molar-refractivity contribution is 0.109. The average Bonchev–Trinajstić information content (AvgIpc) is 3.12. The Morgan fingerprint density at radius 1 is 1.40 bits per heavy atom. The Bertz CT molecular complexity index is 645. The number of hydrogen-bond donors (Lipinski definition) is 0. The van der Waals surface area contributed by atoms with E-state index in [9.17, 15) is 0 Å². The fraction of sp³-hybridized carbons (Fsp3) is 0.500. The summed E-state index contributed by atoms with van der Waals surface area (Å²) >= 11 is 0. The van der Waals surface area contributed by atoms with E-state index in [1.807, 2.05) is 31.3 Å². The van der Waals surface area contributed by atoms with Gasteiger partial charge in [-0.2, -0.15) is 10.1 Å². The Morgan fingerprint density at radius 3 is 2.92 bits per heavy atom. The van der Waals surface area contributed by atoms with Gasteiger partial charge >= 0.3 is 0 Å². The van der Waals surface area contributed by atoms with E-state index < -0.39 is 0 Å². The van der Waals surface area contributed by atoms with Crippen LogP contribution < -0.4 is 4.74 Å². The van der Waals surface area contributed by atoms with Gasteiger partial charge in [-0.05, 0) is 32.9 Å². The van der Waals surface area contributed by atoms with Gasteiger partial charge in [-0.15, -0.1) is 6.58 Å². The molecule has 2 heterocycles. The quantitative estimate of drug-likeness (QED) is 0.582. The molecule has 2 aromatic rings. The molecule has 0 amide bonds. The second-order valence-electron chi connectivity index (χ2n) is 5.92. The van der Waals surface area contributed by atoms with E-state index in [1.165, 1.54) is 0 Å². The summed E-state index contributed by atoms with van der Waals surface area (Å²) in [6.07, 6.45) is 7.25. The molecule has 0 aromatic carbocycles. The van der Waals surface area contributed by atoms with Crippen LogP contribution in [0.5, 0.6) is 5.88 Å². The number of nitrogens with zero attached hydrogens (tertiary/aromatic N) is 5. The van der Waals surface area contributed by atoms with Crippen LogP contribution in [0.2, 0.25) is 0 Å². The second kappa shape index (κ2) is 9.90. The Morgan fingerprint density at radius 2 is 2.24 bits per heavy atom. The summed E-state index contributed by atoms with van der Waals surface area (Å²) in [6, 6.07) is 3.67. The maximum absolute atomic E-state index is 6.16. The highest BCUT2D eigenvalue weighted by molar-refractivity contribution is 5.27. The molecule has 0 N–H and O–H groups in total. The molecular formula is C18H27N5O2. The molecule has 2 rings (SSSR count). The van der Waals surface area contributed by atoms with Crippen LogP contribution in [0.15, 0.2) is 37.2 Å². The zero-order valence-electron chi connectivity index (χ0n) is 15.3. The lowest BCUT2D eigenvalue weighted by atomic mass is 10.2. The van der Waals surface area contributed by atoms with Gasteiger partial charge in [-0.1, -0.05) is 6.08 Å². The maximum Gasteiger partial charge on any atom is 0.219 e. The molecule has 25 heavy (non-hydrogen) atoms.